The molecule has 20 heavy (non-hydrogen) atoms. The van der Waals surface area contributed by atoms with Crippen LogP contribution in [0.25, 0.3) is 0 Å². The Morgan fingerprint density at radius 2 is 2.35 bits per heavy atom. The first-order valence-corrected chi connectivity index (χ1v) is 7.59. The normalized spacial score (nSPS) is 12.8. The maximum Gasteiger partial charge on any atom is 0.0974 e. The van der Waals surface area contributed by atoms with Gasteiger partial charge in [0.25, 0.3) is 0 Å². The molecule has 0 spiro atoms. The summed E-state index contributed by atoms with van der Waals surface area (Å²) in [4.78, 5) is 0. The molecule has 0 saturated heterocycles. The summed E-state index contributed by atoms with van der Waals surface area (Å²) in [6, 6.07) is -0.0967. The van der Waals surface area contributed by atoms with Crippen molar-refractivity contribution in [3.63, 3.8) is 0 Å². The van der Waals surface area contributed by atoms with Crippen molar-refractivity contribution in [3.8, 4) is 0 Å². The predicted molar refractivity (Wildman–Crippen MR) is 79.2 cm³/mol. The van der Waals surface area contributed by atoms with E-state index < -0.39 is 0 Å². The summed E-state index contributed by atoms with van der Waals surface area (Å²) >= 11 is 7.50. The number of nitrogens with zero attached hydrogens (tertiary/aromatic N) is 4. The molecule has 110 valence electrons. The molecule has 0 fully saturated rings. The van der Waals surface area contributed by atoms with Crippen LogP contribution in [0, 0.1) is 0 Å². The van der Waals surface area contributed by atoms with Crippen LogP contribution in [0.4, 0.5) is 0 Å². The van der Waals surface area contributed by atoms with Crippen LogP contribution in [0.5, 0.6) is 0 Å². The highest BCUT2D eigenvalue weighted by Gasteiger charge is 2.23. The van der Waals surface area contributed by atoms with Gasteiger partial charge in [-0.15, -0.1) is 0 Å². The van der Waals surface area contributed by atoms with E-state index >= 15 is 0 Å². The first-order chi connectivity index (χ1) is 9.77. The monoisotopic (exact) mass is 315 g/mol. The summed E-state index contributed by atoms with van der Waals surface area (Å²) in [6.07, 6.45) is 4.45. The van der Waals surface area contributed by atoms with Gasteiger partial charge in [-0.3, -0.25) is 4.68 Å². The molecule has 1 atom stereocenters. The Morgan fingerprint density at radius 1 is 1.50 bits per heavy atom. The van der Waals surface area contributed by atoms with Gasteiger partial charge in [-0.25, -0.2) is 0 Å². The lowest BCUT2D eigenvalue weighted by Gasteiger charge is -2.18. The summed E-state index contributed by atoms with van der Waals surface area (Å²) < 4.78 is 15.4. The zero-order valence-electron chi connectivity index (χ0n) is 11.5. The number of rotatable bonds is 8. The van der Waals surface area contributed by atoms with E-state index in [2.05, 4.69) is 26.1 Å². The largest absolute Gasteiger partial charge is 0.383 e. The maximum atomic E-state index is 6.31. The number of halogens is 1. The number of methoxy groups -OCH3 is 1. The maximum absolute atomic E-state index is 6.31. The number of ether oxygens (including phenoxy) is 1. The molecule has 0 aliphatic rings. The van der Waals surface area contributed by atoms with E-state index in [1.807, 2.05) is 4.68 Å². The van der Waals surface area contributed by atoms with Crippen LogP contribution in [-0.4, -0.2) is 38.8 Å². The second kappa shape index (κ2) is 7.68. The average Bonchev–Trinajstić information content (AvgIpc) is 3.09. The van der Waals surface area contributed by atoms with Gasteiger partial charge in [0, 0.05) is 7.11 Å². The minimum Gasteiger partial charge on any atom is -0.383 e. The molecule has 2 heterocycles. The van der Waals surface area contributed by atoms with Gasteiger partial charge >= 0.3 is 0 Å². The van der Waals surface area contributed by atoms with E-state index in [9.17, 15) is 0 Å². The van der Waals surface area contributed by atoms with Crippen LogP contribution >= 0.6 is 23.3 Å². The lowest BCUT2D eigenvalue weighted by molar-refractivity contribution is 0.182. The third-order valence-electron chi connectivity index (χ3n) is 2.89. The zero-order valence-corrected chi connectivity index (χ0v) is 13.1. The average molecular weight is 316 g/mol. The summed E-state index contributed by atoms with van der Waals surface area (Å²) in [5.41, 5.74) is 1.77. The van der Waals surface area contributed by atoms with Crippen molar-refractivity contribution in [2.75, 3.05) is 20.3 Å². The number of hydrogen-bond donors (Lipinski definition) is 1. The topological polar surface area (TPSA) is 64.9 Å². The van der Waals surface area contributed by atoms with Crippen LogP contribution in [0.15, 0.2) is 12.4 Å². The van der Waals surface area contributed by atoms with Crippen molar-refractivity contribution in [2.45, 2.75) is 25.9 Å². The fourth-order valence-electron chi connectivity index (χ4n) is 1.94. The van der Waals surface area contributed by atoms with Gasteiger partial charge in [0.15, 0.2) is 0 Å². The quantitative estimate of drug-likeness (QED) is 0.808. The second-order valence-electron chi connectivity index (χ2n) is 4.31. The van der Waals surface area contributed by atoms with Gasteiger partial charge in [0.2, 0.25) is 0 Å². The molecule has 0 radical (unpaired) electrons. The van der Waals surface area contributed by atoms with Gasteiger partial charge in [-0.1, -0.05) is 18.5 Å². The molecule has 2 aromatic heterocycles. The molecule has 1 N–H and O–H groups in total. The van der Waals surface area contributed by atoms with Crippen molar-refractivity contribution in [1.29, 1.82) is 0 Å². The van der Waals surface area contributed by atoms with E-state index in [-0.39, 0.29) is 6.04 Å². The van der Waals surface area contributed by atoms with E-state index in [1.54, 1.807) is 19.5 Å². The fourth-order valence-corrected chi connectivity index (χ4v) is 2.64. The SMILES string of the molecule is CCCNC(c1cnsn1)c1c(Cl)cnn1CCOC. The van der Waals surface area contributed by atoms with Crippen LogP contribution in [0.3, 0.4) is 0 Å². The Bertz CT molecular complexity index is 516. The predicted octanol–water partition coefficient (Wildman–Crippen LogP) is 2.12. The first kappa shape index (κ1) is 15.4. The van der Waals surface area contributed by atoms with Gasteiger partial charge in [-0.2, -0.15) is 13.8 Å². The smallest absolute Gasteiger partial charge is 0.0974 e. The molecule has 2 aromatic rings. The van der Waals surface area contributed by atoms with E-state index in [0.29, 0.717) is 18.2 Å². The molecule has 0 aliphatic carbocycles. The van der Waals surface area contributed by atoms with Crippen molar-refractivity contribution in [1.82, 2.24) is 23.8 Å². The van der Waals surface area contributed by atoms with Crippen molar-refractivity contribution >= 4 is 23.3 Å². The minimum atomic E-state index is -0.0967. The number of aromatic nitrogens is 4. The van der Waals surface area contributed by atoms with E-state index in [1.165, 1.54) is 11.7 Å². The minimum absolute atomic E-state index is 0.0967. The van der Waals surface area contributed by atoms with Crippen LogP contribution in [0.1, 0.15) is 30.8 Å². The van der Waals surface area contributed by atoms with Crippen molar-refractivity contribution in [2.24, 2.45) is 0 Å². The Morgan fingerprint density at radius 3 is 3.00 bits per heavy atom. The highest BCUT2D eigenvalue weighted by molar-refractivity contribution is 6.99. The molecule has 0 saturated carbocycles. The van der Waals surface area contributed by atoms with Crippen molar-refractivity contribution in [3.05, 3.63) is 28.8 Å². The molecule has 1 unspecified atom stereocenters. The second-order valence-corrected chi connectivity index (χ2v) is 5.28. The Labute approximate surface area is 127 Å². The molecule has 8 heteroatoms. The summed E-state index contributed by atoms with van der Waals surface area (Å²) in [6.45, 7) is 4.22. The third kappa shape index (κ3) is 3.54. The zero-order chi connectivity index (χ0) is 14.4. The standard InChI is InChI=1S/C12H18ClN5OS/c1-3-4-14-11(10-8-16-20-17-10)12-9(13)7-15-18(12)5-6-19-2/h7-8,11,14H,3-6H2,1-2H3. The molecule has 0 aliphatic heterocycles. The van der Waals surface area contributed by atoms with Crippen molar-refractivity contribution < 1.29 is 4.74 Å². The van der Waals surface area contributed by atoms with Gasteiger partial charge < -0.3 is 10.1 Å². The molecule has 0 amide bonds. The number of hydrogen-bond acceptors (Lipinski definition) is 6. The number of nitrogens with one attached hydrogen (secondary N) is 1. The molecular weight excluding hydrogens is 298 g/mol. The lowest BCUT2D eigenvalue weighted by atomic mass is 10.1. The molecule has 0 aromatic carbocycles. The van der Waals surface area contributed by atoms with Crippen LogP contribution in [-0.2, 0) is 11.3 Å². The van der Waals surface area contributed by atoms with Crippen LogP contribution in [0.2, 0.25) is 5.02 Å². The Hall–Kier alpha value is -1.02. The molecular formula is C12H18ClN5OS. The van der Waals surface area contributed by atoms with E-state index in [0.717, 1.165) is 24.4 Å². The van der Waals surface area contributed by atoms with Crippen LogP contribution < -0.4 is 5.32 Å². The Kier molecular flexibility index (Phi) is 5.90. The summed E-state index contributed by atoms with van der Waals surface area (Å²) in [5.74, 6) is 0. The summed E-state index contributed by atoms with van der Waals surface area (Å²) in [5, 5.41) is 8.39. The molecule has 0 bridgehead atoms. The first-order valence-electron chi connectivity index (χ1n) is 6.48. The van der Waals surface area contributed by atoms with E-state index in [4.69, 9.17) is 16.3 Å². The Balaban J connectivity index is 2.30. The third-order valence-corrected chi connectivity index (χ3v) is 3.67. The van der Waals surface area contributed by atoms with Gasteiger partial charge in [-0.05, 0) is 13.0 Å². The lowest BCUT2D eigenvalue weighted by Crippen LogP contribution is -2.27. The molecule has 6 nitrogen and oxygen atoms in total. The highest BCUT2D eigenvalue weighted by Crippen LogP contribution is 2.27. The fraction of sp³-hybridized carbons (Fsp3) is 0.583. The van der Waals surface area contributed by atoms with Gasteiger partial charge in [0.05, 0.1) is 59.7 Å². The van der Waals surface area contributed by atoms with Gasteiger partial charge in [0.1, 0.15) is 0 Å². The molecule has 2 rings (SSSR count). The highest BCUT2D eigenvalue weighted by atomic mass is 35.5. The summed E-state index contributed by atoms with van der Waals surface area (Å²) in [7, 11) is 1.67.